The quantitative estimate of drug-likeness (QED) is 0.599. The fourth-order valence-corrected chi connectivity index (χ4v) is 3.29. The Labute approximate surface area is 150 Å². The molecule has 1 aliphatic heterocycles. The minimum absolute atomic E-state index is 0.133. The topological polar surface area (TPSA) is 52.2 Å². The van der Waals surface area contributed by atoms with Gasteiger partial charge in [0.2, 0.25) is 0 Å². The number of halogens is 2. The third-order valence-corrected chi connectivity index (χ3v) is 4.36. The molecule has 0 saturated carbocycles. The van der Waals surface area contributed by atoms with Crippen molar-refractivity contribution < 1.29 is 14.3 Å². The van der Waals surface area contributed by atoms with Gasteiger partial charge in [0.1, 0.15) is 5.92 Å². The van der Waals surface area contributed by atoms with E-state index >= 15 is 0 Å². The van der Waals surface area contributed by atoms with Crippen LogP contribution in [0.4, 0.5) is 0 Å². The molecule has 0 aromatic heterocycles. The molecule has 1 heterocycles. The summed E-state index contributed by atoms with van der Waals surface area (Å²) >= 11 is 12.3. The van der Waals surface area contributed by atoms with Crippen molar-refractivity contribution in [2.45, 2.75) is 18.9 Å². The zero-order valence-corrected chi connectivity index (χ0v) is 15.0. The van der Waals surface area contributed by atoms with Gasteiger partial charge in [-0.15, -0.1) is 0 Å². The highest BCUT2D eigenvalue weighted by Crippen LogP contribution is 2.40. The number of ether oxygens (including phenoxy) is 2. The van der Waals surface area contributed by atoms with Crippen LogP contribution >= 0.6 is 23.2 Å². The monoisotopic (exact) mass is 366 g/mol. The standard InChI is InChI=1S/C17H16Cl2N2O3/c1-9-16(20-2)14(11-6-5-10(18)7-12(11)19)15(17(22)24-4)13(21-9)8-23-3/h5-7,14,16H,8H2,1,3-4H3. The van der Waals surface area contributed by atoms with Crippen molar-refractivity contribution in [3.8, 4) is 0 Å². The molecule has 126 valence electrons. The fourth-order valence-electron chi connectivity index (χ4n) is 2.77. The van der Waals surface area contributed by atoms with E-state index in [1.54, 1.807) is 25.1 Å². The van der Waals surface area contributed by atoms with Crippen LogP contribution in [0.1, 0.15) is 18.4 Å². The van der Waals surface area contributed by atoms with Gasteiger partial charge in [0.15, 0.2) is 0 Å². The molecular formula is C17H16Cl2N2O3. The number of esters is 1. The van der Waals surface area contributed by atoms with Crippen LogP contribution in [0.15, 0.2) is 34.5 Å². The Kier molecular flexibility index (Phi) is 6.00. The molecule has 7 heteroatoms. The predicted molar refractivity (Wildman–Crippen MR) is 93.6 cm³/mol. The summed E-state index contributed by atoms with van der Waals surface area (Å²) in [6.07, 6.45) is 0. The predicted octanol–water partition coefficient (Wildman–Crippen LogP) is 3.91. The van der Waals surface area contributed by atoms with E-state index in [4.69, 9.17) is 39.2 Å². The number of nitrogens with zero attached hydrogens (tertiary/aromatic N) is 2. The van der Waals surface area contributed by atoms with Crippen molar-refractivity contribution in [1.29, 1.82) is 0 Å². The summed E-state index contributed by atoms with van der Waals surface area (Å²) < 4.78 is 10.1. The summed E-state index contributed by atoms with van der Waals surface area (Å²) in [5.41, 5.74) is 1.96. The van der Waals surface area contributed by atoms with E-state index in [0.717, 1.165) is 0 Å². The third kappa shape index (κ3) is 3.46. The van der Waals surface area contributed by atoms with Crippen molar-refractivity contribution in [3.05, 3.63) is 56.5 Å². The third-order valence-electron chi connectivity index (χ3n) is 3.80. The Bertz CT molecular complexity index is 766. The highest BCUT2D eigenvalue weighted by Gasteiger charge is 2.43. The number of aliphatic imine (C=N–C) groups is 1. The van der Waals surface area contributed by atoms with Gasteiger partial charge in [0.05, 0.1) is 30.7 Å². The fraction of sp³-hybridized carbons (Fsp3) is 0.353. The van der Waals surface area contributed by atoms with E-state index in [-0.39, 0.29) is 12.2 Å². The smallest absolute Gasteiger partial charge is 0.336 e. The first-order chi connectivity index (χ1) is 11.4. The minimum atomic E-state index is -0.654. The SMILES string of the molecule is [C-]#[N+]C1C(C)=NC(COC)=C(C(=O)OC)C1c1ccc(Cl)cc1Cl. The van der Waals surface area contributed by atoms with E-state index in [9.17, 15) is 4.79 Å². The Morgan fingerprint density at radius 1 is 1.38 bits per heavy atom. The van der Waals surface area contributed by atoms with Gasteiger partial charge >= 0.3 is 5.97 Å². The molecule has 1 aromatic rings. The summed E-state index contributed by atoms with van der Waals surface area (Å²) in [5, 5.41) is 0.860. The summed E-state index contributed by atoms with van der Waals surface area (Å²) in [7, 11) is 2.80. The minimum Gasteiger partial charge on any atom is -0.466 e. The second-order valence-electron chi connectivity index (χ2n) is 5.26. The Morgan fingerprint density at radius 3 is 2.62 bits per heavy atom. The molecule has 0 N–H and O–H groups in total. The lowest BCUT2D eigenvalue weighted by atomic mass is 9.80. The van der Waals surface area contributed by atoms with Crippen molar-refractivity contribution in [3.63, 3.8) is 0 Å². The highest BCUT2D eigenvalue weighted by molar-refractivity contribution is 6.35. The normalized spacial score (nSPS) is 20.4. The van der Waals surface area contributed by atoms with Crippen molar-refractivity contribution >= 4 is 34.9 Å². The van der Waals surface area contributed by atoms with Crippen LogP contribution in [-0.4, -0.2) is 38.5 Å². The van der Waals surface area contributed by atoms with Gasteiger partial charge < -0.3 is 14.3 Å². The van der Waals surface area contributed by atoms with E-state index < -0.39 is 17.9 Å². The van der Waals surface area contributed by atoms with Gasteiger partial charge in [-0.3, -0.25) is 4.99 Å². The average molecular weight is 367 g/mol. The van der Waals surface area contributed by atoms with E-state index in [0.29, 0.717) is 27.0 Å². The van der Waals surface area contributed by atoms with Crippen LogP contribution in [0.3, 0.4) is 0 Å². The molecule has 2 rings (SSSR count). The maximum atomic E-state index is 12.4. The van der Waals surface area contributed by atoms with Gasteiger partial charge in [-0.25, -0.2) is 11.4 Å². The molecule has 1 aromatic carbocycles. The maximum Gasteiger partial charge on any atom is 0.336 e. The number of carbonyl (C=O) groups excluding carboxylic acids is 1. The first-order valence-corrected chi connectivity index (χ1v) is 7.87. The first-order valence-electron chi connectivity index (χ1n) is 7.11. The number of hydrogen-bond acceptors (Lipinski definition) is 4. The number of rotatable bonds is 4. The van der Waals surface area contributed by atoms with Crippen molar-refractivity contribution in [2.75, 3.05) is 20.8 Å². The van der Waals surface area contributed by atoms with E-state index in [1.165, 1.54) is 14.2 Å². The van der Waals surface area contributed by atoms with Gasteiger partial charge in [-0.1, -0.05) is 29.3 Å². The first kappa shape index (κ1) is 18.5. The molecule has 0 aliphatic carbocycles. The second kappa shape index (κ2) is 7.80. The lowest BCUT2D eigenvalue weighted by molar-refractivity contribution is -0.136. The van der Waals surface area contributed by atoms with Gasteiger partial charge in [-0.2, -0.15) is 0 Å². The van der Waals surface area contributed by atoms with Gasteiger partial charge in [0, 0.05) is 17.2 Å². The molecule has 2 unspecified atom stereocenters. The number of hydrogen-bond donors (Lipinski definition) is 0. The molecule has 2 atom stereocenters. The Hall–Kier alpha value is -1.87. The molecule has 0 radical (unpaired) electrons. The average Bonchev–Trinajstić information content (AvgIpc) is 2.54. The summed E-state index contributed by atoms with van der Waals surface area (Å²) in [5.74, 6) is -1.15. The molecular weight excluding hydrogens is 351 g/mol. The number of carbonyl (C=O) groups is 1. The summed E-state index contributed by atoms with van der Waals surface area (Å²) in [6, 6.07) is 4.33. The van der Waals surface area contributed by atoms with Crippen LogP contribution in [0.5, 0.6) is 0 Å². The van der Waals surface area contributed by atoms with Crippen LogP contribution in [0.25, 0.3) is 4.85 Å². The lowest BCUT2D eigenvalue weighted by Gasteiger charge is -2.27. The molecule has 0 fully saturated rings. The number of methoxy groups -OCH3 is 2. The highest BCUT2D eigenvalue weighted by atomic mass is 35.5. The van der Waals surface area contributed by atoms with Crippen LogP contribution in [0, 0.1) is 6.57 Å². The van der Waals surface area contributed by atoms with Crippen LogP contribution in [-0.2, 0) is 14.3 Å². The summed E-state index contributed by atoms with van der Waals surface area (Å²) in [6.45, 7) is 9.43. The van der Waals surface area contributed by atoms with Gasteiger partial charge in [0.25, 0.3) is 6.04 Å². The van der Waals surface area contributed by atoms with Crippen LogP contribution < -0.4 is 0 Å². The zero-order chi connectivity index (χ0) is 17.9. The maximum absolute atomic E-state index is 12.4. The molecule has 5 nitrogen and oxygen atoms in total. The molecule has 24 heavy (non-hydrogen) atoms. The van der Waals surface area contributed by atoms with E-state index in [2.05, 4.69) is 9.84 Å². The van der Waals surface area contributed by atoms with Gasteiger partial charge in [-0.05, 0) is 24.6 Å². The Balaban J connectivity index is 2.72. The second-order valence-corrected chi connectivity index (χ2v) is 6.10. The van der Waals surface area contributed by atoms with E-state index in [1.807, 2.05) is 0 Å². The van der Waals surface area contributed by atoms with Crippen molar-refractivity contribution in [1.82, 2.24) is 0 Å². The number of benzene rings is 1. The summed E-state index contributed by atoms with van der Waals surface area (Å²) in [4.78, 5) is 20.4. The molecule has 0 amide bonds. The largest absolute Gasteiger partial charge is 0.466 e. The van der Waals surface area contributed by atoms with Crippen molar-refractivity contribution in [2.24, 2.45) is 4.99 Å². The molecule has 0 bridgehead atoms. The molecule has 0 saturated heterocycles. The zero-order valence-electron chi connectivity index (χ0n) is 13.5. The van der Waals surface area contributed by atoms with Crippen LogP contribution in [0.2, 0.25) is 10.0 Å². The molecule has 0 spiro atoms. The lowest BCUT2D eigenvalue weighted by Crippen LogP contribution is -2.33. The Morgan fingerprint density at radius 2 is 2.08 bits per heavy atom. The molecule has 1 aliphatic rings.